The van der Waals surface area contributed by atoms with Crippen LogP contribution in [0.4, 0.5) is 23.2 Å². The second-order valence-corrected chi connectivity index (χ2v) is 6.07. The van der Waals surface area contributed by atoms with Gasteiger partial charge in [0.1, 0.15) is 11.6 Å². The Labute approximate surface area is 161 Å². The van der Waals surface area contributed by atoms with E-state index in [0.717, 1.165) is 18.2 Å². The first-order valence-electron chi connectivity index (χ1n) is 8.22. The molecule has 29 heavy (non-hydrogen) atoms. The van der Waals surface area contributed by atoms with Gasteiger partial charge in [0.25, 0.3) is 0 Å². The Balaban J connectivity index is 1.97. The van der Waals surface area contributed by atoms with Crippen LogP contribution in [0.1, 0.15) is 11.7 Å². The summed E-state index contributed by atoms with van der Waals surface area (Å²) < 4.78 is 56.9. The van der Waals surface area contributed by atoms with Crippen molar-refractivity contribution in [1.82, 2.24) is 0 Å². The lowest BCUT2D eigenvalue weighted by Crippen LogP contribution is -2.20. The van der Waals surface area contributed by atoms with Gasteiger partial charge in [-0.15, -0.1) is 0 Å². The number of nitrogens with zero attached hydrogens (tertiary/aromatic N) is 1. The van der Waals surface area contributed by atoms with Gasteiger partial charge in [-0.2, -0.15) is 13.2 Å². The van der Waals surface area contributed by atoms with Crippen LogP contribution >= 0.6 is 0 Å². The highest BCUT2D eigenvalue weighted by Crippen LogP contribution is 2.39. The zero-order chi connectivity index (χ0) is 21.2. The molecule has 0 bridgehead atoms. The van der Waals surface area contributed by atoms with Gasteiger partial charge in [-0.05, 0) is 53.1 Å². The minimum absolute atomic E-state index is 0.119. The normalized spacial score (nSPS) is 12.4. The van der Waals surface area contributed by atoms with Crippen LogP contribution in [0.5, 0.6) is 11.5 Å². The molecule has 0 aromatic heterocycles. The maximum Gasteiger partial charge on any atom is 0.418 e. The Morgan fingerprint density at radius 1 is 0.966 bits per heavy atom. The van der Waals surface area contributed by atoms with Crippen molar-refractivity contribution in [3.05, 3.63) is 88.2 Å². The van der Waals surface area contributed by atoms with E-state index in [1.807, 2.05) is 0 Å². The fourth-order valence-electron chi connectivity index (χ4n) is 2.63. The quantitative estimate of drug-likeness (QED) is 0.330. The van der Waals surface area contributed by atoms with E-state index in [4.69, 9.17) is 4.74 Å². The maximum atomic E-state index is 13.1. The van der Waals surface area contributed by atoms with E-state index in [9.17, 15) is 32.8 Å². The standard InChI is InChI=1S/C20H13F4NO4/c21-15-7-4-12(5-8-15)13-2-1-3-16(10-13)29-18-11-14(19(26)20(22,23)24)6-9-17(18)25(27)28/h1-11,19,26H. The highest BCUT2D eigenvalue weighted by molar-refractivity contribution is 5.65. The highest BCUT2D eigenvalue weighted by atomic mass is 19.4. The van der Waals surface area contributed by atoms with Crippen LogP contribution in [0.15, 0.2) is 66.7 Å². The second-order valence-electron chi connectivity index (χ2n) is 6.07. The minimum Gasteiger partial charge on any atom is -0.450 e. The average Bonchev–Trinajstić information content (AvgIpc) is 2.67. The predicted molar refractivity (Wildman–Crippen MR) is 96.0 cm³/mol. The number of halogens is 4. The van der Waals surface area contributed by atoms with E-state index in [0.29, 0.717) is 11.1 Å². The molecule has 0 radical (unpaired) electrons. The molecular weight excluding hydrogens is 394 g/mol. The Kier molecular flexibility index (Phi) is 5.51. The zero-order valence-electron chi connectivity index (χ0n) is 14.6. The third-order valence-corrected chi connectivity index (χ3v) is 4.05. The molecule has 0 aliphatic heterocycles. The third-order valence-electron chi connectivity index (χ3n) is 4.05. The second kappa shape index (κ2) is 7.88. The number of nitro benzene ring substituents is 1. The number of rotatable bonds is 5. The van der Waals surface area contributed by atoms with Gasteiger partial charge in [0.15, 0.2) is 6.10 Å². The fraction of sp³-hybridized carbons (Fsp3) is 0.100. The van der Waals surface area contributed by atoms with Crippen LogP contribution in [-0.2, 0) is 0 Å². The van der Waals surface area contributed by atoms with Crippen LogP contribution in [0.2, 0.25) is 0 Å². The van der Waals surface area contributed by atoms with Gasteiger partial charge in [-0.25, -0.2) is 4.39 Å². The Hall–Kier alpha value is -3.46. The fourth-order valence-corrected chi connectivity index (χ4v) is 2.63. The summed E-state index contributed by atoms with van der Waals surface area (Å²) in [7, 11) is 0. The van der Waals surface area contributed by atoms with Crippen molar-refractivity contribution in [2.45, 2.75) is 12.3 Å². The van der Waals surface area contributed by atoms with Crippen molar-refractivity contribution in [2.24, 2.45) is 0 Å². The van der Waals surface area contributed by atoms with Gasteiger partial charge in [0, 0.05) is 6.07 Å². The van der Waals surface area contributed by atoms with Crippen molar-refractivity contribution >= 4 is 5.69 Å². The first-order valence-corrected chi connectivity index (χ1v) is 8.22. The van der Waals surface area contributed by atoms with E-state index in [-0.39, 0.29) is 5.75 Å². The van der Waals surface area contributed by atoms with E-state index in [1.54, 1.807) is 12.1 Å². The number of alkyl halides is 3. The Morgan fingerprint density at radius 3 is 2.28 bits per heavy atom. The van der Waals surface area contributed by atoms with Crippen molar-refractivity contribution < 1.29 is 32.3 Å². The summed E-state index contributed by atoms with van der Waals surface area (Å²) >= 11 is 0. The molecule has 0 amide bonds. The molecule has 150 valence electrons. The largest absolute Gasteiger partial charge is 0.450 e. The smallest absolute Gasteiger partial charge is 0.418 e. The molecule has 0 spiro atoms. The molecule has 0 saturated carbocycles. The van der Waals surface area contributed by atoms with Crippen LogP contribution in [0.25, 0.3) is 11.1 Å². The zero-order valence-corrected chi connectivity index (χ0v) is 14.6. The average molecular weight is 407 g/mol. The Morgan fingerprint density at radius 2 is 1.66 bits per heavy atom. The summed E-state index contributed by atoms with van der Waals surface area (Å²) in [6.07, 6.45) is -7.74. The van der Waals surface area contributed by atoms with Crippen molar-refractivity contribution in [2.75, 3.05) is 0 Å². The van der Waals surface area contributed by atoms with Crippen LogP contribution in [0, 0.1) is 15.9 Å². The molecule has 9 heteroatoms. The number of aliphatic hydroxyl groups is 1. The van der Waals surface area contributed by atoms with Gasteiger partial charge < -0.3 is 9.84 Å². The lowest BCUT2D eigenvalue weighted by atomic mass is 10.1. The van der Waals surface area contributed by atoms with E-state index >= 15 is 0 Å². The van der Waals surface area contributed by atoms with Gasteiger partial charge in [0.05, 0.1) is 4.92 Å². The molecule has 1 atom stereocenters. The van der Waals surface area contributed by atoms with Crippen molar-refractivity contribution in [3.8, 4) is 22.6 Å². The summed E-state index contributed by atoms with van der Waals surface area (Å²) in [6.45, 7) is 0. The van der Waals surface area contributed by atoms with Gasteiger partial charge in [0.2, 0.25) is 5.75 Å². The van der Waals surface area contributed by atoms with Gasteiger partial charge in [-0.1, -0.05) is 24.3 Å². The molecule has 3 rings (SSSR count). The number of benzene rings is 3. The molecule has 0 fully saturated rings. The lowest BCUT2D eigenvalue weighted by molar-refractivity contribution is -0.385. The molecule has 3 aromatic rings. The van der Waals surface area contributed by atoms with Crippen molar-refractivity contribution in [3.63, 3.8) is 0 Å². The van der Waals surface area contributed by atoms with Gasteiger partial charge in [-0.3, -0.25) is 10.1 Å². The topological polar surface area (TPSA) is 72.6 Å². The molecule has 3 aromatic carbocycles. The molecule has 0 aliphatic carbocycles. The summed E-state index contributed by atoms with van der Waals surface area (Å²) in [5.41, 5.74) is 0.104. The van der Waals surface area contributed by atoms with Crippen LogP contribution in [-0.4, -0.2) is 16.2 Å². The SMILES string of the molecule is O=[N+]([O-])c1ccc(C(O)C(F)(F)F)cc1Oc1cccc(-c2ccc(F)cc2)c1. The van der Waals surface area contributed by atoms with Gasteiger partial charge >= 0.3 is 11.9 Å². The predicted octanol–water partition coefficient (Wildman–Crippen LogP) is 5.79. The molecule has 0 heterocycles. The van der Waals surface area contributed by atoms with Crippen LogP contribution < -0.4 is 4.74 Å². The van der Waals surface area contributed by atoms with E-state index < -0.39 is 40.0 Å². The summed E-state index contributed by atoms with van der Waals surface area (Å²) in [4.78, 5) is 10.4. The van der Waals surface area contributed by atoms with Crippen LogP contribution in [0.3, 0.4) is 0 Å². The number of aliphatic hydroxyl groups excluding tert-OH is 1. The summed E-state index contributed by atoms with van der Waals surface area (Å²) in [5.74, 6) is -0.752. The number of hydrogen-bond acceptors (Lipinski definition) is 4. The highest BCUT2D eigenvalue weighted by Gasteiger charge is 2.40. The maximum absolute atomic E-state index is 13.1. The number of ether oxygens (including phenoxy) is 1. The molecular formula is C20H13F4NO4. The molecule has 1 unspecified atom stereocenters. The lowest BCUT2D eigenvalue weighted by Gasteiger charge is -2.16. The summed E-state index contributed by atoms with van der Waals surface area (Å²) in [6, 6.07) is 14.2. The molecule has 0 saturated heterocycles. The van der Waals surface area contributed by atoms with E-state index in [1.165, 1.54) is 36.4 Å². The minimum atomic E-state index is -4.93. The van der Waals surface area contributed by atoms with Crippen molar-refractivity contribution in [1.29, 1.82) is 0 Å². The first kappa shape index (κ1) is 20.3. The molecule has 0 aliphatic rings. The molecule has 5 nitrogen and oxygen atoms in total. The Bertz CT molecular complexity index is 1040. The number of hydrogen-bond donors (Lipinski definition) is 1. The first-order chi connectivity index (χ1) is 13.6. The number of nitro groups is 1. The molecule has 1 N–H and O–H groups in total. The van der Waals surface area contributed by atoms with E-state index in [2.05, 4.69) is 0 Å². The summed E-state index contributed by atoms with van der Waals surface area (Å²) in [5, 5.41) is 20.6. The monoisotopic (exact) mass is 407 g/mol. The third kappa shape index (κ3) is 4.69.